The Morgan fingerprint density at radius 1 is 1.00 bits per heavy atom. The van der Waals surface area contributed by atoms with Crippen molar-refractivity contribution >= 4 is 5.97 Å². The number of phenolic OH excluding ortho intramolecular Hbond substituents is 2. The van der Waals surface area contributed by atoms with Gasteiger partial charge in [0.05, 0.1) is 5.56 Å². The number of carboxylic acids is 1. The summed E-state index contributed by atoms with van der Waals surface area (Å²) in [5.74, 6) is -1.82. The normalized spacial score (nSPS) is 10.2. The zero-order valence-electron chi connectivity index (χ0n) is 9.50. The number of hydrogen-bond acceptors (Lipinski definition) is 3. The molecule has 4 nitrogen and oxygen atoms in total. The van der Waals surface area contributed by atoms with Gasteiger partial charge in [-0.15, -0.1) is 0 Å². The fraction of sp³-hybridized carbons (Fsp3) is 0.0714. The summed E-state index contributed by atoms with van der Waals surface area (Å²) in [6.45, 7) is 0. The van der Waals surface area contributed by atoms with Crippen molar-refractivity contribution in [3.8, 4) is 11.5 Å². The third-order valence-corrected chi connectivity index (χ3v) is 2.72. The van der Waals surface area contributed by atoms with Crippen molar-refractivity contribution < 1.29 is 20.1 Å². The Morgan fingerprint density at radius 2 is 1.67 bits per heavy atom. The lowest BCUT2D eigenvalue weighted by Crippen LogP contribution is -2.03. The quantitative estimate of drug-likeness (QED) is 0.724. The second kappa shape index (κ2) is 4.79. The first-order valence-corrected chi connectivity index (χ1v) is 5.40. The van der Waals surface area contributed by atoms with Crippen molar-refractivity contribution in [1.29, 1.82) is 0 Å². The molecule has 0 aliphatic rings. The maximum atomic E-state index is 11.1. The van der Waals surface area contributed by atoms with Crippen LogP contribution in [-0.4, -0.2) is 21.3 Å². The molecule has 0 unspecified atom stereocenters. The molecule has 0 fully saturated rings. The molecule has 92 valence electrons. The van der Waals surface area contributed by atoms with E-state index in [2.05, 4.69) is 0 Å². The highest BCUT2D eigenvalue weighted by Gasteiger charge is 2.17. The predicted molar refractivity (Wildman–Crippen MR) is 66.0 cm³/mol. The largest absolute Gasteiger partial charge is 0.504 e. The van der Waals surface area contributed by atoms with E-state index in [0.717, 1.165) is 5.56 Å². The first-order valence-electron chi connectivity index (χ1n) is 5.40. The zero-order valence-corrected chi connectivity index (χ0v) is 9.50. The molecule has 0 spiro atoms. The summed E-state index contributed by atoms with van der Waals surface area (Å²) in [7, 11) is 0. The number of aromatic carboxylic acids is 1. The first kappa shape index (κ1) is 12.0. The van der Waals surface area contributed by atoms with Gasteiger partial charge in [0.15, 0.2) is 11.5 Å². The topological polar surface area (TPSA) is 77.8 Å². The number of rotatable bonds is 3. The molecular formula is C14H12O4. The summed E-state index contributed by atoms with van der Waals surface area (Å²) in [4.78, 5) is 11.1. The van der Waals surface area contributed by atoms with E-state index in [9.17, 15) is 15.0 Å². The van der Waals surface area contributed by atoms with Crippen molar-refractivity contribution in [3.63, 3.8) is 0 Å². The van der Waals surface area contributed by atoms with Crippen LogP contribution in [0.2, 0.25) is 0 Å². The Hall–Kier alpha value is -2.49. The second-order valence-electron chi connectivity index (χ2n) is 3.93. The Kier molecular flexibility index (Phi) is 3.19. The Labute approximate surface area is 104 Å². The molecule has 4 heteroatoms. The average Bonchev–Trinajstić information content (AvgIpc) is 2.36. The molecule has 0 aliphatic heterocycles. The lowest BCUT2D eigenvalue weighted by molar-refractivity contribution is 0.0695. The third-order valence-electron chi connectivity index (χ3n) is 2.72. The van der Waals surface area contributed by atoms with Crippen LogP contribution in [0.4, 0.5) is 0 Å². The summed E-state index contributed by atoms with van der Waals surface area (Å²) >= 11 is 0. The van der Waals surface area contributed by atoms with Crippen LogP contribution < -0.4 is 0 Å². The molecule has 0 aliphatic carbocycles. The Morgan fingerprint density at radius 3 is 2.28 bits per heavy atom. The van der Waals surface area contributed by atoms with Crippen LogP contribution >= 0.6 is 0 Å². The summed E-state index contributed by atoms with van der Waals surface area (Å²) in [5, 5.41) is 28.3. The van der Waals surface area contributed by atoms with Crippen LogP contribution in [0.25, 0.3) is 0 Å². The number of benzene rings is 2. The van der Waals surface area contributed by atoms with Crippen molar-refractivity contribution in [2.75, 3.05) is 0 Å². The Balaban J connectivity index is 2.48. The fourth-order valence-corrected chi connectivity index (χ4v) is 1.80. The van der Waals surface area contributed by atoms with E-state index >= 15 is 0 Å². The molecule has 18 heavy (non-hydrogen) atoms. The minimum atomic E-state index is -1.13. The number of aromatic hydroxyl groups is 2. The van der Waals surface area contributed by atoms with Gasteiger partial charge in [-0.1, -0.05) is 30.3 Å². The lowest BCUT2D eigenvalue weighted by Gasteiger charge is -2.10. The maximum absolute atomic E-state index is 11.1. The minimum Gasteiger partial charge on any atom is -0.504 e. The highest BCUT2D eigenvalue weighted by molar-refractivity contribution is 5.91. The number of hydrogen-bond donors (Lipinski definition) is 3. The van der Waals surface area contributed by atoms with Gasteiger partial charge < -0.3 is 15.3 Å². The van der Waals surface area contributed by atoms with Gasteiger partial charge in [0.2, 0.25) is 0 Å². The number of phenols is 2. The molecule has 0 atom stereocenters. The molecule has 3 N–H and O–H groups in total. The van der Waals surface area contributed by atoms with Crippen LogP contribution in [0, 0.1) is 0 Å². The van der Waals surface area contributed by atoms with Crippen LogP contribution in [0.5, 0.6) is 11.5 Å². The van der Waals surface area contributed by atoms with E-state index in [0.29, 0.717) is 0 Å². The van der Waals surface area contributed by atoms with Crippen LogP contribution in [-0.2, 0) is 6.42 Å². The van der Waals surface area contributed by atoms with Gasteiger partial charge in [-0.05, 0) is 17.7 Å². The molecule has 0 bridgehead atoms. The van der Waals surface area contributed by atoms with E-state index < -0.39 is 5.97 Å². The maximum Gasteiger partial charge on any atom is 0.336 e. The molecule has 2 rings (SSSR count). The van der Waals surface area contributed by atoms with Gasteiger partial charge in [0.25, 0.3) is 0 Å². The van der Waals surface area contributed by atoms with Gasteiger partial charge in [0, 0.05) is 12.0 Å². The lowest BCUT2D eigenvalue weighted by atomic mass is 9.98. The molecular weight excluding hydrogens is 232 g/mol. The van der Waals surface area contributed by atoms with Crippen LogP contribution in [0.1, 0.15) is 21.5 Å². The zero-order chi connectivity index (χ0) is 13.1. The smallest absolute Gasteiger partial charge is 0.336 e. The van der Waals surface area contributed by atoms with E-state index in [1.54, 1.807) is 0 Å². The van der Waals surface area contributed by atoms with Crippen LogP contribution in [0.3, 0.4) is 0 Å². The molecule has 2 aromatic carbocycles. The summed E-state index contributed by atoms with van der Waals surface area (Å²) in [6.07, 6.45) is 0.253. The van der Waals surface area contributed by atoms with Crippen molar-refractivity contribution in [2.24, 2.45) is 0 Å². The molecule has 0 amide bonds. The number of carboxylic acid groups (broad SMARTS) is 1. The molecule has 0 radical (unpaired) electrons. The van der Waals surface area contributed by atoms with Crippen molar-refractivity contribution in [3.05, 3.63) is 59.2 Å². The molecule has 0 saturated carbocycles. The van der Waals surface area contributed by atoms with E-state index in [1.807, 2.05) is 30.3 Å². The van der Waals surface area contributed by atoms with Gasteiger partial charge in [-0.2, -0.15) is 0 Å². The van der Waals surface area contributed by atoms with Gasteiger partial charge in [-0.3, -0.25) is 0 Å². The molecule has 0 saturated heterocycles. The summed E-state index contributed by atoms with van der Waals surface area (Å²) in [5.41, 5.74) is 1.07. The van der Waals surface area contributed by atoms with Crippen molar-refractivity contribution in [2.45, 2.75) is 6.42 Å². The first-order chi connectivity index (χ1) is 8.59. The monoisotopic (exact) mass is 244 g/mol. The highest BCUT2D eigenvalue weighted by atomic mass is 16.4. The average molecular weight is 244 g/mol. The van der Waals surface area contributed by atoms with Crippen LogP contribution in [0.15, 0.2) is 42.5 Å². The summed E-state index contributed by atoms with van der Waals surface area (Å²) < 4.78 is 0. The summed E-state index contributed by atoms with van der Waals surface area (Å²) in [6, 6.07) is 11.6. The van der Waals surface area contributed by atoms with Crippen molar-refractivity contribution in [1.82, 2.24) is 0 Å². The SMILES string of the molecule is O=C(O)c1ccc(O)c(O)c1Cc1ccccc1. The third kappa shape index (κ3) is 2.27. The van der Waals surface area contributed by atoms with Gasteiger partial charge in [0.1, 0.15) is 0 Å². The number of carbonyl (C=O) groups is 1. The van der Waals surface area contributed by atoms with Gasteiger partial charge in [-0.25, -0.2) is 4.79 Å². The standard InChI is InChI=1S/C14H12O4/c15-12-7-6-10(14(17)18)11(13(12)16)8-9-4-2-1-3-5-9/h1-7,15-16H,8H2,(H,17,18). The highest BCUT2D eigenvalue weighted by Crippen LogP contribution is 2.33. The van der Waals surface area contributed by atoms with E-state index in [-0.39, 0.29) is 29.0 Å². The molecule has 0 aromatic heterocycles. The second-order valence-corrected chi connectivity index (χ2v) is 3.93. The predicted octanol–water partition coefficient (Wildman–Crippen LogP) is 2.39. The van der Waals surface area contributed by atoms with E-state index in [4.69, 9.17) is 5.11 Å². The van der Waals surface area contributed by atoms with Gasteiger partial charge >= 0.3 is 5.97 Å². The minimum absolute atomic E-state index is 0.00541. The van der Waals surface area contributed by atoms with E-state index in [1.165, 1.54) is 12.1 Å². The fourth-order valence-electron chi connectivity index (χ4n) is 1.80. The molecule has 0 heterocycles. The Bertz CT molecular complexity index is 576. The molecule has 2 aromatic rings.